The summed E-state index contributed by atoms with van der Waals surface area (Å²) in [5.74, 6) is 1.62. The van der Waals surface area contributed by atoms with Crippen LogP contribution in [0.4, 0.5) is 0 Å². The van der Waals surface area contributed by atoms with E-state index in [4.69, 9.17) is 9.47 Å². The van der Waals surface area contributed by atoms with Crippen molar-refractivity contribution in [2.45, 2.75) is 13.5 Å². The maximum Gasteiger partial charge on any atom is 0.248 e. The summed E-state index contributed by atoms with van der Waals surface area (Å²) in [6.45, 7) is 6.30. The molecular formula is C17H24N6O3. The van der Waals surface area contributed by atoms with Crippen LogP contribution in [-0.4, -0.2) is 82.4 Å². The van der Waals surface area contributed by atoms with Gasteiger partial charge in [-0.2, -0.15) is 4.68 Å². The van der Waals surface area contributed by atoms with Gasteiger partial charge in [-0.05, 0) is 41.6 Å². The van der Waals surface area contributed by atoms with E-state index in [2.05, 4.69) is 20.4 Å². The predicted octanol–water partition coefficient (Wildman–Crippen LogP) is 0.352. The van der Waals surface area contributed by atoms with Crippen LogP contribution in [0.25, 0.3) is 5.69 Å². The molecule has 0 unspecified atom stereocenters. The van der Waals surface area contributed by atoms with Crippen LogP contribution < -0.4 is 4.74 Å². The Kier molecular flexibility index (Phi) is 6.13. The number of carbonyl (C=O) groups excluding carboxylic acids is 1. The van der Waals surface area contributed by atoms with Gasteiger partial charge in [0.05, 0.1) is 18.8 Å². The van der Waals surface area contributed by atoms with Crippen molar-refractivity contribution in [1.82, 2.24) is 30.0 Å². The first kappa shape index (κ1) is 18.3. The average Bonchev–Trinajstić information content (AvgIpc) is 3.11. The fraction of sp³-hybridized carbons (Fsp3) is 0.529. The lowest BCUT2D eigenvalue weighted by atomic mass is 10.3. The molecule has 1 aromatic carbocycles. The predicted molar refractivity (Wildman–Crippen MR) is 94.1 cm³/mol. The van der Waals surface area contributed by atoms with E-state index in [0.717, 1.165) is 30.4 Å². The topological polar surface area (TPSA) is 85.6 Å². The van der Waals surface area contributed by atoms with E-state index in [0.29, 0.717) is 26.2 Å². The summed E-state index contributed by atoms with van der Waals surface area (Å²) in [5, 5.41) is 12.1. The van der Waals surface area contributed by atoms with Crippen molar-refractivity contribution in [3.05, 3.63) is 30.1 Å². The third-order valence-corrected chi connectivity index (χ3v) is 4.28. The molecule has 26 heavy (non-hydrogen) atoms. The molecule has 1 fully saturated rings. The summed E-state index contributed by atoms with van der Waals surface area (Å²) in [5.41, 5.74) is 0.891. The van der Waals surface area contributed by atoms with Crippen molar-refractivity contribution in [2.24, 2.45) is 0 Å². The van der Waals surface area contributed by atoms with Gasteiger partial charge in [-0.15, -0.1) is 5.10 Å². The normalized spacial score (nSPS) is 15.2. The Labute approximate surface area is 152 Å². The van der Waals surface area contributed by atoms with Crippen LogP contribution in [0, 0.1) is 0 Å². The van der Waals surface area contributed by atoms with Gasteiger partial charge in [0.15, 0.2) is 5.82 Å². The molecule has 1 saturated heterocycles. The number of methoxy groups -OCH3 is 1. The van der Waals surface area contributed by atoms with E-state index in [9.17, 15) is 4.79 Å². The van der Waals surface area contributed by atoms with E-state index in [-0.39, 0.29) is 12.5 Å². The van der Waals surface area contributed by atoms with E-state index in [1.54, 1.807) is 4.68 Å². The Balaban J connectivity index is 1.60. The molecule has 0 N–H and O–H groups in total. The van der Waals surface area contributed by atoms with Crippen LogP contribution in [0.3, 0.4) is 0 Å². The number of hydrogen-bond donors (Lipinski definition) is 0. The second kappa shape index (κ2) is 8.72. The molecule has 0 aliphatic carbocycles. The first-order valence-corrected chi connectivity index (χ1v) is 8.70. The Morgan fingerprint density at radius 1 is 1.15 bits per heavy atom. The van der Waals surface area contributed by atoms with Crippen LogP contribution in [-0.2, 0) is 16.1 Å². The monoisotopic (exact) mass is 360 g/mol. The lowest BCUT2D eigenvalue weighted by Gasteiger charge is -2.34. The van der Waals surface area contributed by atoms with Crippen molar-refractivity contribution in [3.63, 3.8) is 0 Å². The van der Waals surface area contributed by atoms with Crippen LogP contribution in [0.2, 0.25) is 0 Å². The Hall–Kier alpha value is -2.52. The minimum absolute atomic E-state index is 0.0337. The van der Waals surface area contributed by atoms with Gasteiger partial charge >= 0.3 is 0 Å². The van der Waals surface area contributed by atoms with Gasteiger partial charge < -0.3 is 14.4 Å². The molecule has 1 aromatic heterocycles. The summed E-state index contributed by atoms with van der Waals surface area (Å²) in [6.07, 6.45) is 0. The minimum Gasteiger partial charge on any atom is -0.494 e. The van der Waals surface area contributed by atoms with E-state index in [1.807, 2.05) is 36.1 Å². The highest BCUT2D eigenvalue weighted by Gasteiger charge is 2.22. The number of piperazine rings is 1. The van der Waals surface area contributed by atoms with Crippen LogP contribution in [0.15, 0.2) is 24.3 Å². The SMILES string of the molecule is CCOc1ccc(-n2nnnc2CN2CCN(C(=O)COC)CC2)cc1. The summed E-state index contributed by atoms with van der Waals surface area (Å²) >= 11 is 0. The number of ether oxygens (including phenoxy) is 2. The molecule has 0 saturated carbocycles. The zero-order valence-electron chi connectivity index (χ0n) is 15.2. The smallest absolute Gasteiger partial charge is 0.248 e. The van der Waals surface area contributed by atoms with Gasteiger partial charge in [-0.25, -0.2) is 0 Å². The second-order valence-corrected chi connectivity index (χ2v) is 6.02. The van der Waals surface area contributed by atoms with Gasteiger partial charge in [0.1, 0.15) is 12.4 Å². The lowest BCUT2D eigenvalue weighted by Crippen LogP contribution is -2.49. The molecule has 1 amide bonds. The molecular weight excluding hydrogens is 336 g/mol. The first-order valence-electron chi connectivity index (χ1n) is 8.70. The number of carbonyl (C=O) groups is 1. The number of tetrazole rings is 1. The molecule has 140 valence electrons. The molecule has 1 aliphatic rings. The van der Waals surface area contributed by atoms with E-state index in [1.165, 1.54) is 7.11 Å². The number of nitrogens with zero attached hydrogens (tertiary/aromatic N) is 6. The molecule has 1 aliphatic heterocycles. The van der Waals surface area contributed by atoms with Crippen molar-refractivity contribution in [2.75, 3.05) is 46.5 Å². The lowest BCUT2D eigenvalue weighted by molar-refractivity contribution is -0.136. The second-order valence-electron chi connectivity index (χ2n) is 6.02. The molecule has 9 nitrogen and oxygen atoms in total. The standard InChI is InChI=1S/C17H24N6O3/c1-3-26-15-6-4-14(5-7-15)23-16(18-19-20-23)12-21-8-10-22(11-9-21)17(24)13-25-2/h4-7H,3,8-13H2,1-2H3. The van der Waals surface area contributed by atoms with Crippen LogP contribution >= 0.6 is 0 Å². The summed E-state index contributed by atoms with van der Waals surface area (Å²) in [6, 6.07) is 7.69. The Morgan fingerprint density at radius 3 is 2.54 bits per heavy atom. The fourth-order valence-electron chi connectivity index (χ4n) is 2.93. The van der Waals surface area contributed by atoms with Crippen LogP contribution in [0.1, 0.15) is 12.7 Å². The van der Waals surface area contributed by atoms with Crippen molar-refractivity contribution < 1.29 is 14.3 Å². The van der Waals surface area contributed by atoms with Crippen molar-refractivity contribution in [3.8, 4) is 11.4 Å². The van der Waals surface area contributed by atoms with Gasteiger partial charge in [-0.1, -0.05) is 0 Å². The Morgan fingerprint density at radius 2 is 1.88 bits per heavy atom. The van der Waals surface area contributed by atoms with Gasteiger partial charge in [0.25, 0.3) is 0 Å². The quantitative estimate of drug-likeness (QED) is 0.704. The summed E-state index contributed by atoms with van der Waals surface area (Å²) in [7, 11) is 1.54. The molecule has 3 rings (SSSR count). The molecule has 0 bridgehead atoms. The number of hydrogen-bond acceptors (Lipinski definition) is 7. The molecule has 2 heterocycles. The molecule has 0 radical (unpaired) electrons. The Bertz CT molecular complexity index is 710. The van der Waals surface area contributed by atoms with Crippen molar-refractivity contribution in [1.29, 1.82) is 0 Å². The molecule has 0 atom stereocenters. The fourth-order valence-corrected chi connectivity index (χ4v) is 2.93. The highest BCUT2D eigenvalue weighted by molar-refractivity contribution is 5.77. The third-order valence-electron chi connectivity index (χ3n) is 4.28. The average molecular weight is 360 g/mol. The highest BCUT2D eigenvalue weighted by atomic mass is 16.5. The zero-order valence-corrected chi connectivity index (χ0v) is 15.2. The van der Waals surface area contributed by atoms with E-state index < -0.39 is 0 Å². The summed E-state index contributed by atoms with van der Waals surface area (Å²) < 4.78 is 12.1. The molecule has 9 heteroatoms. The van der Waals surface area contributed by atoms with Gasteiger partial charge in [0, 0.05) is 33.3 Å². The van der Waals surface area contributed by atoms with Gasteiger partial charge in [0.2, 0.25) is 5.91 Å². The molecule has 0 spiro atoms. The molecule has 2 aromatic rings. The minimum atomic E-state index is 0.0337. The zero-order chi connectivity index (χ0) is 18.4. The van der Waals surface area contributed by atoms with Crippen molar-refractivity contribution >= 4 is 5.91 Å². The number of rotatable bonds is 7. The first-order chi connectivity index (χ1) is 12.7. The van der Waals surface area contributed by atoms with E-state index >= 15 is 0 Å². The van der Waals surface area contributed by atoms with Gasteiger partial charge in [-0.3, -0.25) is 9.69 Å². The third kappa shape index (κ3) is 4.36. The number of aromatic nitrogens is 4. The van der Waals surface area contributed by atoms with Crippen LogP contribution in [0.5, 0.6) is 5.75 Å². The largest absolute Gasteiger partial charge is 0.494 e. The number of benzene rings is 1. The maximum absolute atomic E-state index is 11.9. The highest BCUT2D eigenvalue weighted by Crippen LogP contribution is 2.16. The summed E-state index contributed by atoms with van der Waals surface area (Å²) in [4.78, 5) is 15.9. The maximum atomic E-state index is 11.9. The number of amides is 1.